The lowest BCUT2D eigenvalue weighted by atomic mass is 10.0. The molecule has 4 nitrogen and oxygen atoms in total. The fourth-order valence-electron chi connectivity index (χ4n) is 3.15. The number of nitrogens with one attached hydrogen (secondary N) is 1. The summed E-state index contributed by atoms with van der Waals surface area (Å²) in [5, 5.41) is 0. The van der Waals surface area contributed by atoms with Crippen molar-refractivity contribution in [2.75, 3.05) is 19.6 Å². The number of rotatable bonds is 2. The number of nitrogens with zero attached hydrogens (tertiary/aromatic N) is 2. The smallest absolute Gasteiger partial charge is 0.306 e. The Morgan fingerprint density at radius 1 is 1.27 bits per heavy atom. The van der Waals surface area contributed by atoms with Gasteiger partial charge in [0.05, 0.1) is 16.6 Å². The second kappa shape index (κ2) is 5.46. The van der Waals surface area contributed by atoms with E-state index in [0.29, 0.717) is 11.0 Å². The molecule has 1 aromatic carbocycles. The van der Waals surface area contributed by atoms with Gasteiger partial charge in [0, 0.05) is 19.1 Å². The fourth-order valence-corrected chi connectivity index (χ4v) is 3.15. The third-order valence-electron chi connectivity index (χ3n) is 4.41. The number of likely N-dealkylation sites (tertiary alicyclic amines) is 1. The Morgan fingerprint density at radius 3 is 2.55 bits per heavy atom. The summed E-state index contributed by atoms with van der Waals surface area (Å²) in [5.41, 5.74) is -0.256. The molecule has 1 aromatic heterocycles. The molecule has 0 amide bonds. The van der Waals surface area contributed by atoms with Crippen LogP contribution in [-0.4, -0.2) is 34.1 Å². The molecule has 0 radical (unpaired) electrons. The average molecular weight is 313 g/mol. The molecular formula is C15H18F3N3O. The van der Waals surface area contributed by atoms with Crippen molar-refractivity contribution in [1.82, 2.24) is 14.5 Å². The van der Waals surface area contributed by atoms with Gasteiger partial charge in [0.1, 0.15) is 0 Å². The zero-order valence-electron chi connectivity index (χ0n) is 12.3. The molecule has 0 saturated carbocycles. The SMILES string of the molecule is CCN1CCC(n2c(=O)[nH]c3ccc(C(F)(F)F)cc32)CC1. The minimum absolute atomic E-state index is 0.0486. The van der Waals surface area contributed by atoms with Crippen LogP contribution in [0.1, 0.15) is 31.4 Å². The fraction of sp³-hybridized carbons (Fsp3) is 0.533. The second-order valence-corrected chi connectivity index (χ2v) is 5.70. The van der Waals surface area contributed by atoms with Gasteiger partial charge in [0.2, 0.25) is 0 Å². The van der Waals surface area contributed by atoms with E-state index in [1.54, 1.807) is 0 Å². The maximum Gasteiger partial charge on any atom is 0.416 e. The van der Waals surface area contributed by atoms with Crippen molar-refractivity contribution in [2.24, 2.45) is 0 Å². The van der Waals surface area contributed by atoms with Crippen molar-refractivity contribution in [1.29, 1.82) is 0 Å². The number of alkyl halides is 3. The van der Waals surface area contributed by atoms with E-state index in [2.05, 4.69) is 16.8 Å². The Labute approximate surface area is 125 Å². The Morgan fingerprint density at radius 2 is 1.95 bits per heavy atom. The summed E-state index contributed by atoms with van der Waals surface area (Å²) in [6.07, 6.45) is -2.86. The van der Waals surface area contributed by atoms with Gasteiger partial charge in [-0.25, -0.2) is 4.79 Å². The van der Waals surface area contributed by atoms with Crippen LogP contribution in [0.2, 0.25) is 0 Å². The van der Waals surface area contributed by atoms with E-state index in [1.807, 2.05) is 0 Å². The van der Waals surface area contributed by atoms with Gasteiger partial charge in [-0.1, -0.05) is 6.92 Å². The van der Waals surface area contributed by atoms with Crippen molar-refractivity contribution in [3.63, 3.8) is 0 Å². The van der Waals surface area contributed by atoms with Gasteiger partial charge in [0.25, 0.3) is 0 Å². The van der Waals surface area contributed by atoms with E-state index in [-0.39, 0.29) is 11.7 Å². The summed E-state index contributed by atoms with van der Waals surface area (Å²) in [6, 6.07) is 3.35. The third kappa shape index (κ3) is 2.65. The van der Waals surface area contributed by atoms with E-state index >= 15 is 0 Å². The number of hydrogen-bond donors (Lipinski definition) is 1. The van der Waals surface area contributed by atoms with Gasteiger partial charge in [-0.15, -0.1) is 0 Å². The van der Waals surface area contributed by atoms with Crippen LogP contribution in [0.4, 0.5) is 13.2 Å². The first-order valence-electron chi connectivity index (χ1n) is 7.44. The van der Waals surface area contributed by atoms with E-state index in [1.165, 1.54) is 10.6 Å². The van der Waals surface area contributed by atoms with Crippen LogP contribution in [0.5, 0.6) is 0 Å². The molecular weight excluding hydrogens is 295 g/mol. The molecule has 3 rings (SSSR count). The standard InChI is InChI=1S/C15H18F3N3O/c1-2-20-7-5-11(6-8-20)21-13-9-10(15(16,17)18)3-4-12(13)19-14(21)22/h3-4,9,11H,2,5-8H2,1H3,(H,19,22). The lowest BCUT2D eigenvalue weighted by Crippen LogP contribution is -2.36. The Hall–Kier alpha value is -1.76. The number of imidazole rings is 1. The first-order chi connectivity index (χ1) is 10.4. The van der Waals surface area contributed by atoms with Gasteiger partial charge >= 0.3 is 11.9 Å². The Bertz CT molecular complexity index is 724. The van der Waals surface area contributed by atoms with Crippen LogP contribution >= 0.6 is 0 Å². The Balaban J connectivity index is 2.02. The molecule has 22 heavy (non-hydrogen) atoms. The molecule has 0 bridgehead atoms. The molecule has 0 spiro atoms. The number of hydrogen-bond acceptors (Lipinski definition) is 2. The van der Waals surface area contributed by atoms with Crippen molar-refractivity contribution in [3.8, 4) is 0 Å². The van der Waals surface area contributed by atoms with Crippen LogP contribution in [0.3, 0.4) is 0 Å². The van der Waals surface area contributed by atoms with Crippen LogP contribution < -0.4 is 5.69 Å². The molecule has 0 unspecified atom stereocenters. The zero-order chi connectivity index (χ0) is 15.9. The molecule has 0 atom stereocenters. The minimum atomic E-state index is -4.40. The number of aromatic amines is 1. The summed E-state index contributed by atoms with van der Waals surface area (Å²) in [5.74, 6) is 0. The van der Waals surface area contributed by atoms with E-state index in [0.717, 1.165) is 44.6 Å². The molecule has 1 aliphatic heterocycles. The molecule has 2 heterocycles. The lowest BCUT2D eigenvalue weighted by molar-refractivity contribution is -0.137. The van der Waals surface area contributed by atoms with Gasteiger partial charge in [-0.3, -0.25) is 4.57 Å². The largest absolute Gasteiger partial charge is 0.416 e. The molecule has 7 heteroatoms. The lowest BCUT2D eigenvalue weighted by Gasteiger charge is -2.31. The maximum atomic E-state index is 12.9. The monoisotopic (exact) mass is 313 g/mol. The Kier molecular flexibility index (Phi) is 3.76. The van der Waals surface area contributed by atoms with E-state index < -0.39 is 11.7 Å². The highest BCUT2D eigenvalue weighted by Crippen LogP contribution is 2.32. The van der Waals surface area contributed by atoms with Gasteiger partial charge in [-0.05, 0) is 37.6 Å². The van der Waals surface area contributed by atoms with E-state index in [9.17, 15) is 18.0 Å². The molecule has 120 valence electrons. The van der Waals surface area contributed by atoms with Gasteiger partial charge in [0.15, 0.2) is 0 Å². The highest BCUT2D eigenvalue weighted by Gasteiger charge is 2.31. The topological polar surface area (TPSA) is 41.0 Å². The number of aromatic nitrogens is 2. The first kappa shape index (κ1) is 15.1. The van der Waals surface area contributed by atoms with Crippen LogP contribution in [0.15, 0.2) is 23.0 Å². The molecule has 1 fully saturated rings. The maximum absolute atomic E-state index is 12.9. The van der Waals surface area contributed by atoms with Crippen molar-refractivity contribution in [2.45, 2.75) is 32.0 Å². The number of piperidine rings is 1. The number of benzene rings is 1. The summed E-state index contributed by atoms with van der Waals surface area (Å²) < 4.78 is 40.2. The predicted octanol–water partition coefficient (Wildman–Crippen LogP) is 3.01. The second-order valence-electron chi connectivity index (χ2n) is 5.70. The van der Waals surface area contributed by atoms with Crippen LogP contribution in [0, 0.1) is 0 Å². The van der Waals surface area contributed by atoms with Gasteiger partial charge in [-0.2, -0.15) is 13.2 Å². The van der Waals surface area contributed by atoms with Crippen LogP contribution in [0.25, 0.3) is 11.0 Å². The summed E-state index contributed by atoms with van der Waals surface area (Å²) in [7, 11) is 0. The van der Waals surface area contributed by atoms with E-state index in [4.69, 9.17) is 0 Å². The molecule has 1 N–H and O–H groups in total. The first-order valence-corrected chi connectivity index (χ1v) is 7.44. The average Bonchev–Trinajstić information content (AvgIpc) is 2.81. The zero-order valence-corrected chi connectivity index (χ0v) is 12.3. The number of H-pyrrole nitrogens is 1. The highest BCUT2D eigenvalue weighted by molar-refractivity contribution is 5.76. The van der Waals surface area contributed by atoms with Gasteiger partial charge < -0.3 is 9.88 Å². The highest BCUT2D eigenvalue weighted by atomic mass is 19.4. The van der Waals surface area contributed by atoms with Crippen LogP contribution in [-0.2, 0) is 6.18 Å². The summed E-state index contributed by atoms with van der Waals surface area (Å²) in [6.45, 7) is 4.75. The molecule has 0 aliphatic carbocycles. The minimum Gasteiger partial charge on any atom is -0.306 e. The quantitative estimate of drug-likeness (QED) is 0.926. The third-order valence-corrected chi connectivity index (χ3v) is 4.41. The number of halogens is 3. The molecule has 1 aliphatic rings. The number of fused-ring (bicyclic) bond motifs is 1. The summed E-state index contributed by atoms with van der Waals surface area (Å²) in [4.78, 5) is 17.1. The predicted molar refractivity (Wildman–Crippen MR) is 77.9 cm³/mol. The van der Waals surface area contributed by atoms with Crippen molar-refractivity contribution >= 4 is 11.0 Å². The molecule has 1 saturated heterocycles. The molecule has 2 aromatic rings. The normalized spacial score (nSPS) is 18.2. The van der Waals surface area contributed by atoms with Crippen molar-refractivity contribution < 1.29 is 13.2 Å². The van der Waals surface area contributed by atoms with Crippen molar-refractivity contribution in [3.05, 3.63) is 34.2 Å². The summed E-state index contributed by atoms with van der Waals surface area (Å²) >= 11 is 0.